The van der Waals surface area contributed by atoms with E-state index in [1.54, 1.807) is 7.11 Å². The molecular formula is C18H20ClN5O3. The Morgan fingerprint density at radius 1 is 1.37 bits per heavy atom. The van der Waals surface area contributed by atoms with Crippen LogP contribution in [-0.2, 0) is 22.7 Å². The molecule has 4 rings (SSSR count). The van der Waals surface area contributed by atoms with E-state index in [9.17, 15) is 0 Å². The third kappa shape index (κ3) is 3.86. The number of fused-ring (bicyclic) bond motifs is 2. The lowest BCUT2D eigenvalue weighted by Gasteiger charge is -2.34. The molecule has 0 unspecified atom stereocenters. The van der Waals surface area contributed by atoms with Crippen molar-refractivity contribution < 1.29 is 14.6 Å². The summed E-state index contributed by atoms with van der Waals surface area (Å²) in [5.74, 6) is 1.84. The highest BCUT2D eigenvalue weighted by molar-refractivity contribution is 6.31. The Labute approximate surface area is 161 Å². The fourth-order valence-electron chi connectivity index (χ4n) is 3.41. The minimum absolute atomic E-state index is 0.250. The van der Waals surface area contributed by atoms with Crippen molar-refractivity contribution in [1.82, 2.24) is 19.7 Å². The van der Waals surface area contributed by atoms with Gasteiger partial charge in [0.25, 0.3) is 6.47 Å². The molecule has 8 nitrogen and oxygen atoms in total. The standard InChI is InChI=1S/C17H18ClN5O.CH2O2/c1-11-8-22(9-16-20-21-17(10-24-2)23(11)16)15-5-6-19-14-7-12(18)3-4-13(14)15;2-1-3/h3-7,11H,8-10H2,1-2H3;1H,(H,2,3)/t11-;/m0./s1. The van der Waals surface area contributed by atoms with E-state index in [1.165, 1.54) is 0 Å². The first-order valence-corrected chi connectivity index (χ1v) is 8.75. The molecule has 1 aliphatic heterocycles. The van der Waals surface area contributed by atoms with Crippen LogP contribution in [0.1, 0.15) is 24.6 Å². The summed E-state index contributed by atoms with van der Waals surface area (Å²) < 4.78 is 7.40. The van der Waals surface area contributed by atoms with Gasteiger partial charge >= 0.3 is 0 Å². The molecule has 0 fully saturated rings. The number of halogens is 1. The molecule has 0 radical (unpaired) electrons. The van der Waals surface area contributed by atoms with Gasteiger partial charge in [0.1, 0.15) is 6.61 Å². The van der Waals surface area contributed by atoms with E-state index in [1.807, 2.05) is 30.5 Å². The molecule has 1 N–H and O–H groups in total. The highest BCUT2D eigenvalue weighted by atomic mass is 35.5. The van der Waals surface area contributed by atoms with Crippen molar-refractivity contribution in [3.05, 3.63) is 47.1 Å². The molecule has 0 bridgehead atoms. The molecule has 1 aliphatic rings. The number of benzene rings is 1. The first-order chi connectivity index (χ1) is 13.1. The summed E-state index contributed by atoms with van der Waals surface area (Å²) in [6, 6.07) is 8.14. The van der Waals surface area contributed by atoms with Gasteiger partial charge in [-0.1, -0.05) is 11.6 Å². The molecule has 9 heteroatoms. The number of nitrogens with zero attached hydrogens (tertiary/aromatic N) is 5. The Morgan fingerprint density at radius 2 is 2.15 bits per heavy atom. The van der Waals surface area contributed by atoms with E-state index in [-0.39, 0.29) is 12.5 Å². The number of anilines is 1. The number of methoxy groups -OCH3 is 1. The van der Waals surface area contributed by atoms with Crippen LogP contribution in [0.4, 0.5) is 5.69 Å². The molecule has 1 aromatic carbocycles. The quantitative estimate of drug-likeness (QED) is 0.688. The van der Waals surface area contributed by atoms with Crippen LogP contribution in [0.5, 0.6) is 0 Å². The van der Waals surface area contributed by atoms with Crippen molar-refractivity contribution in [2.75, 3.05) is 18.6 Å². The Morgan fingerprint density at radius 3 is 2.89 bits per heavy atom. The van der Waals surface area contributed by atoms with Crippen LogP contribution < -0.4 is 4.90 Å². The Hall–Kier alpha value is -2.71. The minimum Gasteiger partial charge on any atom is -0.483 e. The van der Waals surface area contributed by atoms with Crippen LogP contribution in [0.25, 0.3) is 10.9 Å². The maximum atomic E-state index is 8.36. The van der Waals surface area contributed by atoms with Gasteiger partial charge in [0.2, 0.25) is 0 Å². The number of hydrogen-bond acceptors (Lipinski definition) is 6. The first-order valence-electron chi connectivity index (χ1n) is 8.37. The summed E-state index contributed by atoms with van der Waals surface area (Å²) in [5, 5.41) is 17.3. The Bertz CT molecular complexity index is 946. The van der Waals surface area contributed by atoms with E-state index >= 15 is 0 Å². The molecule has 0 amide bonds. The van der Waals surface area contributed by atoms with E-state index in [2.05, 4.69) is 31.6 Å². The van der Waals surface area contributed by atoms with Gasteiger partial charge in [0.15, 0.2) is 11.6 Å². The summed E-state index contributed by atoms with van der Waals surface area (Å²) >= 11 is 6.09. The Kier molecular flexibility index (Phi) is 5.88. The number of aromatic nitrogens is 4. The van der Waals surface area contributed by atoms with Crippen LogP contribution in [0.15, 0.2) is 30.5 Å². The summed E-state index contributed by atoms with van der Waals surface area (Å²) in [7, 11) is 1.68. The van der Waals surface area contributed by atoms with Crippen LogP contribution in [0.3, 0.4) is 0 Å². The molecule has 27 heavy (non-hydrogen) atoms. The molecule has 1 atom stereocenters. The van der Waals surface area contributed by atoms with Gasteiger partial charge in [-0.25, -0.2) is 0 Å². The van der Waals surface area contributed by atoms with Gasteiger partial charge in [-0.05, 0) is 31.2 Å². The van der Waals surface area contributed by atoms with Gasteiger partial charge in [0, 0.05) is 35.9 Å². The molecule has 142 valence electrons. The second-order valence-electron chi connectivity index (χ2n) is 6.16. The lowest BCUT2D eigenvalue weighted by molar-refractivity contribution is -0.122. The van der Waals surface area contributed by atoms with Gasteiger partial charge in [-0.15, -0.1) is 10.2 Å². The molecule has 0 saturated heterocycles. The van der Waals surface area contributed by atoms with Crippen LogP contribution in [0.2, 0.25) is 5.02 Å². The Balaban J connectivity index is 0.000000659. The van der Waals surface area contributed by atoms with Crippen molar-refractivity contribution in [3.8, 4) is 0 Å². The molecule has 3 aromatic rings. The average Bonchev–Trinajstić information content (AvgIpc) is 3.05. The van der Waals surface area contributed by atoms with Crippen LogP contribution in [-0.4, -0.2) is 45.0 Å². The molecule has 0 spiro atoms. The number of hydrogen-bond donors (Lipinski definition) is 1. The fourth-order valence-corrected chi connectivity index (χ4v) is 3.57. The van der Waals surface area contributed by atoms with Crippen molar-refractivity contribution >= 4 is 34.7 Å². The summed E-state index contributed by atoms with van der Waals surface area (Å²) in [6.45, 7) is 4.00. The van der Waals surface area contributed by atoms with Gasteiger partial charge < -0.3 is 19.3 Å². The monoisotopic (exact) mass is 389 g/mol. The zero-order valence-corrected chi connectivity index (χ0v) is 15.8. The number of carbonyl (C=O) groups is 1. The second kappa shape index (κ2) is 8.32. The van der Waals surface area contributed by atoms with Crippen molar-refractivity contribution in [3.63, 3.8) is 0 Å². The summed E-state index contributed by atoms with van der Waals surface area (Å²) in [6.07, 6.45) is 1.83. The highest BCUT2D eigenvalue weighted by Crippen LogP contribution is 2.32. The van der Waals surface area contributed by atoms with Gasteiger partial charge in [-0.2, -0.15) is 0 Å². The van der Waals surface area contributed by atoms with E-state index < -0.39 is 0 Å². The molecule has 0 aliphatic carbocycles. The fraction of sp³-hybridized carbons (Fsp3) is 0.333. The third-order valence-electron chi connectivity index (χ3n) is 4.39. The van der Waals surface area contributed by atoms with Crippen LogP contribution in [0, 0.1) is 0 Å². The van der Waals surface area contributed by atoms with Crippen molar-refractivity contribution in [2.24, 2.45) is 0 Å². The third-order valence-corrected chi connectivity index (χ3v) is 4.63. The average molecular weight is 390 g/mol. The topological polar surface area (TPSA) is 93.4 Å². The maximum absolute atomic E-state index is 8.36. The lowest BCUT2D eigenvalue weighted by Crippen LogP contribution is -2.37. The number of pyridine rings is 1. The summed E-state index contributed by atoms with van der Waals surface area (Å²) in [5.41, 5.74) is 2.05. The minimum atomic E-state index is -0.250. The normalized spacial score (nSPS) is 15.8. The number of carboxylic acid groups (broad SMARTS) is 1. The van der Waals surface area contributed by atoms with E-state index in [4.69, 9.17) is 26.2 Å². The number of ether oxygens (including phenoxy) is 1. The van der Waals surface area contributed by atoms with Gasteiger partial charge in [0.05, 0.1) is 18.1 Å². The van der Waals surface area contributed by atoms with Crippen LogP contribution >= 0.6 is 11.6 Å². The van der Waals surface area contributed by atoms with Gasteiger partial charge in [-0.3, -0.25) is 9.78 Å². The predicted molar refractivity (Wildman–Crippen MR) is 102 cm³/mol. The predicted octanol–water partition coefficient (Wildman–Crippen LogP) is 2.91. The van der Waals surface area contributed by atoms with Crippen molar-refractivity contribution in [2.45, 2.75) is 26.1 Å². The van der Waals surface area contributed by atoms with Crippen molar-refractivity contribution in [1.29, 1.82) is 0 Å². The lowest BCUT2D eigenvalue weighted by atomic mass is 10.1. The smallest absolute Gasteiger partial charge is 0.290 e. The SMILES string of the molecule is COCc1nnc2n1[C@@H](C)CN(c1ccnc3cc(Cl)ccc13)C2.O=CO. The molecule has 2 aromatic heterocycles. The molecule has 3 heterocycles. The van der Waals surface area contributed by atoms with E-state index in [0.29, 0.717) is 18.2 Å². The highest BCUT2D eigenvalue weighted by Gasteiger charge is 2.27. The molecular weight excluding hydrogens is 370 g/mol. The zero-order chi connectivity index (χ0) is 19.4. The van der Waals surface area contributed by atoms with E-state index in [0.717, 1.165) is 34.8 Å². The summed E-state index contributed by atoms with van der Waals surface area (Å²) in [4.78, 5) is 15.1. The second-order valence-corrected chi connectivity index (χ2v) is 6.60. The largest absolute Gasteiger partial charge is 0.483 e. The molecule has 0 saturated carbocycles. The zero-order valence-electron chi connectivity index (χ0n) is 15.0. The maximum Gasteiger partial charge on any atom is 0.290 e. The number of rotatable bonds is 3. The first kappa shape index (κ1) is 19.1.